The molecule has 2 N–H and O–H groups in total. The van der Waals surface area contributed by atoms with E-state index in [2.05, 4.69) is 0 Å². The molecule has 1 amide bonds. The lowest BCUT2D eigenvalue weighted by Crippen LogP contribution is -2.30. The molecule has 0 saturated heterocycles. The van der Waals surface area contributed by atoms with Gasteiger partial charge in [-0.05, 0) is 18.2 Å². The molecule has 0 saturated carbocycles. The van der Waals surface area contributed by atoms with E-state index in [1.165, 1.54) is 23.1 Å². The van der Waals surface area contributed by atoms with Crippen molar-refractivity contribution in [1.29, 1.82) is 0 Å². The van der Waals surface area contributed by atoms with Gasteiger partial charge in [0.15, 0.2) is 9.84 Å². The first-order valence-electron chi connectivity index (χ1n) is 5.60. The van der Waals surface area contributed by atoms with E-state index in [0.29, 0.717) is 13.2 Å². The molecule has 0 aliphatic carbocycles. The normalized spacial score (nSPS) is 11.3. The molecule has 19 heavy (non-hydrogen) atoms. The van der Waals surface area contributed by atoms with E-state index >= 15 is 0 Å². The first-order valence-corrected chi connectivity index (χ1v) is 7.50. The van der Waals surface area contributed by atoms with Crippen LogP contribution in [0.5, 0.6) is 0 Å². The van der Waals surface area contributed by atoms with Gasteiger partial charge in [-0.15, -0.1) is 0 Å². The van der Waals surface area contributed by atoms with Crippen LogP contribution in [0.4, 0.5) is 5.69 Å². The molecular formula is C12H18N2O4S. The third-order valence-electron chi connectivity index (χ3n) is 2.58. The number of rotatable bonds is 5. The zero-order chi connectivity index (χ0) is 14.6. The minimum atomic E-state index is -3.40. The van der Waals surface area contributed by atoms with E-state index in [1.54, 1.807) is 14.2 Å². The average Bonchev–Trinajstić information content (AvgIpc) is 2.33. The van der Waals surface area contributed by atoms with Gasteiger partial charge < -0.3 is 15.4 Å². The lowest BCUT2D eigenvalue weighted by atomic mass is 10.2. The summed E-state index contributed by atoms with van der Waals surface area (Å²) in [5.41, 5.74) is 6.13. The Balaban J connectivity index is 3.07. The zero-order valence-electron chi connectivity index (χ0n) is 11.2. The molecule has 0 spiro atoms. The standard InChI is InChI=1S/C12H18N2O4S/c1-14(4-5-18-2)12(15)9-6-10(13)8-11(7-9)19(3,16)17/h6-8H,4-5,13H2,1-3H3. The molecule has 106 valence electrons. The molecule has 1 aromatic rings. The van der Waals surface area contributed by atoms with Gasteiger partial charge in [-0.2, -0.15) is 0 Å². The predicted octanol–water partition coefficient (Wildman–Crippen LogP) is 0.391. The predicted molar refractivity (Wildman–Crippen MR) is 72.8 cm³/mol. The Labute approximate surface area is 113 Å². The molecule has 6 nitrogen and oxygen atoms in total. The first-order chi connectivity index (χ1) is 8.75. The molecule has 0 aliphatic heterocycles. The molecule has 7 heteroatoms. The maximum atomic E-state index is 12.1. The largest absolute Gasteiger partial charge is 0.399 e. The summed E-state index contributed by atoms with van der Waals surface area (Å²) in [6.07, 6.45) is 1.07. The van der Waals surface area contributed by atoms with E-state index in [9.17, 15) is 13.2 Å². The number of benzene rings is 1. The van der Waals surface area contributed by atoms with Crippen LogP contribution in [0.3, 0.4) is 0 Å². The van der Waals surface area contributed by atoms with Crippen molar-refractivity contribution in [1.82, 2.24) is 4.90 Å². The van der Waals surface area contributed by atoms with Crippen LogP contribution in [-0.2, 0) is 14.6 Å². The number of hydrogen-bond donors (Lipinski definition) is 1. The molecule has 0 radical (unpaired) electrons. The van der Waals surface area contributed by atoms with Crippen molar-refractivity contribution in [3.63, 3.8) is 0 Å². The number of methoxy groups -OCH3 is 1. The Bertz CT molecular complexity index is 569. The SMILES string of the molecule is COCCN(C)C(=O)c1cc(N)cc(S(C)(=O)=O)c1. The summed E-state index contributed by atoms with van der Waals surface area (Å²) in [4.78, 5) is 13.6. The van der Waals surface area contributed by atoms with Crippen LogP contribution in [0.15, 0.2) is 23.1 Å². The second-order valence-electron chi connectivity index (χ2n) is 4.28. The van der Waals surface area contributed by atoms with Crippen LogP contribution in [0.1, 0.15) is 10.4 Å². The minimum Gasteiger partial charge on any atom is -0.399 e. The fourth-order valence-electron chi connectivity index (χ4n) is 1.51. The first kappa shape index (κ1) is 15.5. The maximum absolute atomic E-state index is 12.1. The smallest absolute Gasteiger partial charge is 0.253 e. The van der Waals surface area contributed by atoms with E-state index in [4.69, 9.17) is 10.5 Å². The van der Waals surface area contributed by atoms with Gasteiger partial charge in [0.1, 0.15) is 0 Å². The molecule has 0 bridgehead atoms. The van der Waals surface area contributed by atoms with E-state index < -0.39 is 9.84 Å². The Morgan fingerprint density at radius 2 is 2.00 bits per heavy atom. The van der Waals surface area contributed by atoms with Crippen molar-refractivity contribution in [3.8, 4) is 0 Å². The second kappa shape index (κ2) is 6.03. The summed E-state index contributed by atoms with van der Waals surface area (Å²) >= 11 is 0. The quantitative estimate of drug-likeness (QED) is 0.791. The fraction of sp³-hybridized carbons (Fsp3) is 0.417. The summed E-state index contributed by atoms with van der Waals surface area (Å²) < 4.78 is 27.9. The molecule has 1 aromatic carbocycles. The van der Waals surface area contributed by atoms with Crippen molar-refractivity contribution in [2.24, 2.45) is 0 Å². The third kappa shape index (κ3) is 4.22. The Morgan fingerprint density at radius 1 is 1.37 bits per heavy atom. The number of nitrogens with two attached hydrogens (primary N) is 1. The summed E-state index contributed by atoms with van der Waals surface area (Å²) in [5.74, 6) is -0.297. The van der Waals surface area contributed by atoms with Gasteiger partial charge in [0.05, 0.1) is 11.5 Å². The van der Waals surface area contributed by atoms with Gasteiger partial charge in [0.25, 0.3) is 5.91 Å². The van der Waals surface area contributed by atoms with Crippen LogP contribution in [0.2, 0.25) is 0 Å². The second-order valence-corrected chi connectivity index (χ2v) is 6.30. The van der Waals surface area contributed by atoms with E-state index in [-0.39, 0.29) is 22.1 Å². The van der Waals surface area contributed by atoms with Crippen LogP contribution in [-0.4, -0.2) is 52.8 Å². The average molecular weight is 286 g/mol. The van der Waals surface area contributed by atoms with Crippen molar-refractivity contribution in [2.45, 2.75) is 4.90 Å². The van der Waals surface area contributed by atoms with Crippen molar-refractivity contribution >= 4 is 21.4 Å². The number of carbonyl (C=O) groups is 1. The zero-order valence-corrected chi connectivity index (χ0v) is 12.0. The summed E-state index contributed by atoms with van der Waals surface area (Å²) in [6, 6.07) is 4.12. The van der Waals surface area contributed by atoms with Gasteiger partial charge in [-0.25, -0.2) is 8.42 Å². The molecular weight excluding hydrogens is 268 g/mol. The number of nitrogens with zero attached hydrogens (tertiary/aromatic N) is 1. The highest BCUT2D eigenvalue weighted by Crippen LogP contribution is 2.17. The number of hydrogen-bond acceptors (Lipinski definition) is 5. The van der Waals surface area contributed by atoms with Crippen LogP contribution in [0, 0.1) is 0 Å². The highest BCUT2D eigenvalue weighted by molar-refractivity contribution is 7.90. The van der Waals surface area contributed by atoms with Gasteiger partial charge >= 0.3 is 0 Å². The summed E-state index contributed by atoms with van der Waals surface area (Å²) in [6.45, 7) is 0.821. The fourth-order valence-corrected chi connectivity index (χ4v) is 2.20. The minimum absolute atomic E-state index is 0.0380. The highest BCUT2D eigenvalue weighted by atomic mass is 32.2. The van der Waals surface area contributed by atoms with Crippen molar-refractivity contribution in [2.75, 3.05) is 39.3 Å². The van der Waals surface area contributed by atoms with Crippen LogP contribution >= 0.6 is 0 Å². The molecule has 0 heterocycles. The maximum Gasteiger partial charge on any atom is 0.253 e. The van der Waals surface area contributed by atoms with Gasteiger partial charge in [0.2, 0.25) is 0 Å². The van der Waals surface area contributed by atoms with Crippen LogP contribution < -0.4 is 5.73 Å². The number of amides is 1. The number of nitrogen functional groups attached to an aromatic ring is 1. The molecule has 0 atom stereocenters. The number of likely N-dealkylation sites (N-methyl/N-ethyl adjacent to an activating group) is 1. The number of sulfone groups is 1. The molecule has 0 aromatic heterocycles. The number of ether oxygens (including phenoxy) is 1. The Morgan fingerprint density at radius 3 is 2.53 bits per heavy atom. The van der Waals surface area contributed by atoms with Gasteiger partial charge in [-0.1, -0.05) is 0 Å². The van der Waals surface area contributed by atoms with Crippen molar-refractivity contribution < 1.29 is 17.9 Å². The van der Waals surface area contributed by atoms with E-state index in [0.717, 1.165) is 6.26 Å². The monoisotopic (exact) mass is 286 g/mol. The number of carbonyl (C=O) groups excluding carboxylic acids is 1. The van der Waals surface area contributed by atoms with Crippen LogP contribution in [0.25, 0.3) is 0 Å². The third-order valence-corrected chi connectivity index (χ3v) is 3.67. The highest BCUT2D eigenvalue weighted by Gasteiger charge is 2.16. The lowest BCUT2D eigenvalue weighted by Gasteiger charge is -2.17. The van der Waals surface area contributed by atoms with Gasteiger partial charge in [-0.3, -0.25) is 4.79 Å². The Kier molecular flexibility index (Phi) is 4.90. The summed E-state index contributed by atoms with van der Waals surface area (Å²) in [5, 5.41) is 0. The van der Waals surface area contributed by atoms with E-state index in [1.807, 2.05) is 0 Å². The topological polar surface area (TPSA) is 89.7 Å². The molecule has 0 fully saturated rings. The number of anilines is 1. The summed E-state index contributed by atoms with van der Waals surface area (Å²) in [7, 11) is -0.241. The molecule has 1 rings (SSSR count). The van der Waals surface area contributed by atoms with Crippen molar-refractivity contribution in [3.05, 3.63) is 23.8 Å². The van der Waals surface area contributed by atoms with Gasteiger partial charge in [0, 0.05) is 38.2 Å². The lowest BCUT2D eigenvalue weighted by molar-refractivity contribution is 0.0744. The molecule has 0 aliphatic rings. The Hall–Kier alpha value is -1.60. The molecule has 0 unspecified atom stereocenters.